The van der Waals surface area contributed by atoms with Gasteiger partial charge in [0.2, 0.25) is 17.7 Å². The quantitative estimate of drug-likeness (QED) is 0.187. The van der Waals surface area contributed by atoms with Gasteiger partial charge in [0.05, 0.1) is 19.0 Å². The summed E-state index contributed by atoms with van der Waals surface area (Å²) in [5.74, 6) is -3.61. The van der Waals surface area contributed by atoms with E-state index in [1.807, 2.05) is 13.8 Å². The number of amides is 3. The Morgan fingerprint density at radius 1 is 1.03 bits per heavy atom. The Morgan fingerprint density at radius 3 is 2.12 bits per heavy atom. The maximum atomic E-state index is 12.9. The van der Waals surface area contributed by atoms with Gasteiger partial charge in [-0.05, 0) is 18.3 Å². The minimum Gasteiger partial charge on any atom is -0.480 e. The first kappa shape index (κ1) is 27.0. The van der Waals surface area contributed by atoms with E-state index >= 15 is 0 Å². The van der Waals surface area contributed by atoms with Crippen LogP contribution in [0.4, 0.5) is 0 Å². The van der Waals surface area contributed by atoms with E-state index in [2.05, 4.69) is 25.9 Å². The van der Waals surface area contributed by atoms with Gasteiger partial charge in [0.1, 0.15) is 18.1 Å². The van der Waals surface area contributed by atoms with E-state index in [1.165, 1.54) is 6.33 Å². The molecule has 0 saturated carbocycles. The van der Waals surface area contributed by atoms with Gasteiger partial charge in [-0.2, -0.15) is 0 Å². The van der Waals surface area contributed by atoms with E-state index in [9.17, 15) is 19.2 Å². The van der Waals surface area contributed by atoms with Gasteiger partial charge in [-0.25, -0.2) is 9.78 Å². The van der Waals surface area contributed by atoms with Crippen molar-refractivity contribution in [3.63, 3.8) is 0 Å². The molecule has 1 heterocycles. The van der Waals surface area contributed by atoms with Crippen LogP contribution >= 0.6 is 0 Å². The number of carboxylic acid groups (broad SMARTS) is 1. The maximum absolute atomic E-state index is 12.9. The third kappa shape index (κ3) is 8.63. The van der Waals surface area contributed by atoms with Crippen LogP contribution in [0.15, 0.2) is 12.5 Å². The number of aliphatic hydroxyl groups is 1. The lowest BCUT2D eigenvalue weighted by Gasteiger charge is -2.27. The molecular weight excluding hydrogens is 420 g/mol. The predicted molar refractivity (Wildman–Crippen MR) is 115 cm³/mol. The van der Waals surface area contributed by atoms with Crippen LogP contribution in [0.5, 0.6) is 0 Å². The summed E-state index contributed by atoms with van der Waals surface area (Å²) in [6.07, 6.45) is 3.53. The van der Waals surface area contributed by atoms with Gasteiger partial charge in [0.25, 0.3) is 0 Å². The van der Waals surface area contributed by atoms with Gasteiger partial charge in [-0.15, -0.1) is 0 Å². The number of hydrogen-bond acceptors (Lipinski definition) is 7. The molecular formula is C20H34N6O6. The SMILES string of the molecule is CC(C)CC(NC(=O)C(N)Cc1cnc[nH]1)C(=O)NC(C(=O)NC(CO)C(=O)O)C(C)C. The van der Waals surface area contributed by atoms with Crippen molar-refractivity contribution in [3.05, 3.63) is 18.2 Å². The Bertz CT molecular complexity index is 767. The number of aliphatic hydroxyl groups excluding tert-OH is 1. The molecule has 1 aromatic heterocycles. The number of carbonyl (C=O) groups is 4. The molecule has 0 fully saturated rings. The average molecular weight is 455 g/mol. The van der Waals surface area contributed by atoms with Crippen LogP contribution < -0.4 is 21.7 Å². The predicted octanol–water partition coefficient (Wildman–Crippen LogP) is -1.49. The number of carboxylic acids is 1. The minimum absolute atomic E-state index is 0.0481. The highest BCUT2D eigenvalue weighted by atomic mass is 16.4. The molecule has 12 heteroatoms. The highest BCUT2D eigenvalue weighted by Crippen LogP contribution is 2.09. The van der Waals surface area contributed by atoms with Crippen molar-refractivity contribution in [2.24, 2.45) is 17.6 Å². The Hall–Kier alpha value is -2.99. The molecule has 32 heavy (non-hydrogen) atoms. The summed E-state index contributed by atoms with van der Waals surface area (Å²) >= 11 is 0. The van der Waals surface area contributed by atoms with Gasteiger partial charge in [-0.3, -0.25) is 14.4 Å². The smallest absolute Gasteiger partial charge is 0.328 e. The Kier molecular flexibility index (Phi) is 10.8. The molecule has 0 aliphatic carbocycles. The van der Waals surface area contributed by atoms with Crippen LogP contribution in [0.3, 0.4) is 0 Å². The standard InChI is InChI=1S/C20H34N6O6/c1-10(2)5-14(24-17(28)13(21)6-12-7-22-9-23-12)18(29)26-16(11(3)4)19(30)25-15(8-27)20(31)32/h7,9-11,13-16,27H,5-6,8,21H2,1-4H3,(H,22,23)(H,24,28)(H,25,30)(H,26,29)(H,31,32). The summed E-state index contributed by atoms with van der Waals surface area (Å²) in [7, 11) is 0. The minimum atomic E-state index is -1.49. The molecule has 0 aliphatic heterocycles. The average Bonchev–Trinajstić information content (AvgIpc) is 3.21. The summed E-state index contributed by atoms with van der Waals surface area (Å²) < 4.78 is 0. The number of imidazole rings is 1. The molecule has 4 unspecified atom stereocenters. The van der Waals surface area contributed by atoms with E-state index in [1.54, 1.807) is 20.0 Å². The Labute approximate surface area is 186 Å². The van der Waals surface area contributed by atoms with Crippen molar-refractivity contribution in [1.82, 2.24) is 25.9 Å². The molecule has 0 saturated heterocycles. The first-order valence-corrected chi connectivity index (χ1v) is 10.4. The highest BCUT2D eigenvalue weighted by molar-refractivity contribution is 5.94. The summed E-state index contributed by atoms with van der Waals surface area (Å²) in [5, 5.41) is 25.6. The molecule has 0 aliphatic rings. The number of aliphatic carboxylic acids is 1. The monoisotopic (exact) mass is 454 g/mol. The fourth-order valence-corrected chi connectivity index (χ4v) is 2.94. The zero-order chi connectivity index (χ0) is 24.4. The second-order valence-electron chi connectivity index (χ2n) is 8.39. The van der Waals surface area contributed by atoms with Crippen molar-refractivity contribution >= 4 is 23.7 Å². The largest absolute Gasteiger partial charge is 0.480 e. The number of rotatable bonds is 13. The fourth-order valence-electron chi connectivity index (χ4n) is 2.94. The van der Waals surface area contributed by atoms with Crippen molar-refractivity contribution in [1.29, 1.82) is 0 Å². The molecule has 4 atom stereocenters. The topological polar surface area (TPSA) is 200 Å². The van der Waals surface area contributed by atoms with E-state index < -0.39 is 54.5 Å². The number of H-pyrrole nitrogens is 1. The number of nitrogens with zero attached hydrogens (tertiary/aromatic N) is 1. The number of carbonyl (C=O) groups excluding carboxylic acids is 3. The molecule has 3 amide bonds. The number of nitrogens with two attached hydrogens (primary N) is 1. The lowest BCUT2D eigenvalue weighted by molar-refractivity contribution is -0.143. The summed E-state index contributed by atoms with van der Waals surface area (Å²) in [5.41, 5.74) is 6.62. The number of aromatic nitrogens is 2. The van der Waals surface area contributed by atoms with Crippen molar-refractivity contribution in [2.75, 3.05) is 6.61 Å². The molecule has 180 valence electrons. The third-order valence-electron chi connectivity index (χ3n) is 4.72. The zero-order valence-corrected chi connectivity index (χ0v) is 18.8. The fraction of sp³-hybridized carbons (Fsp3) is 0.650. The molecule has 0 bridgehead atoms. The zero-order valence-electron chi connectivity index (χ0n) is 18.8. The van der Waals surface area contributed by atoms with Crippen LogP contribution in [-0.2, 0) is 25.6 Å². The van der Waals surface area contributed by atoms with E-state index in [0.717, 1.165) is 0 Å². The van der Waals surface area contributed by atoms with Gasteiger partial charge in [-0.1, -0.05) is 27.7 Å². The number of hydrogen-bond donors (Lipinski definition) is 7. The van der Waals surface area contributed by atoms with Crippen molar-refractivity contribution < 1.29 is 29.4 Å². The second-order valence-corrected chi connectivity index (χ2v) is 8.39. The lowest BCUT2D eigenvalue weighted by atomic mass is 9.99. The molecule has 8 N–H and O–H groups in total. The lowest BCUT2D eigenvalue weighted by Crippen LogP contribution is -2.59. The number of aromatic amines is 1. The van der Waals surface area contributed by atoms with Gasteiger partial charge >= 0.3 is 5.97 Å². The van der Waals surface area contributed by atoms with Crippen LogP contribution in [0, 0.1) is 11.8 Å². The molecule has 12 nitrogen and oxygen atoms in total. The van der Waals surface area contributed by atoms with Crippen LogP contribution in [0.25, 0.3) is 0 Å². The summed E-state index contributed by atoms with van der Waals surface area (Å²) in [4.78, 5) is 55.8. The third-order valence-corrected chi connectivity index (χ3v) is 4.72. The normalized spacial score (nSPS) is 15.0. The van der Waals surface area contributed by atoms with E-state index in [-0.39, 0.29) is 18.3 Å². The second kappa shape index (κ2) is 12.8. The molecule has 1 rings (SSSR count). The van der Waals surface area contributed by atoms with E-state index in [4.69, 9.17) is 15.9 Å². The molecule has 1 aromatic rings. The maximum Gasteiger partial charge on any atom is 0.328 e. The molecule has 0 radical (unpaired) electrons. The van der Waals surface area contributed by atoms with Crippen LogP contribution in [-0.4, -0.2) is 74.6 Å². The molecule has 0 aromatic carbocycles. The van der Waals surface area contributed by atoms with Crippen molar-refractivity contribution in [3.8, 4) is 0 Å². The summed E-state index contributed by atoms with van der Waals surface area (Å²) in [6.45, 7) is 6.32. The highest BCUT2D eigenvalue weighted by Gasteiger charge is 2.32. The van der Waals surface area contributed by atoms with Gasteiger partial charge in [0.15, 0.2) is 0 Å². The Morgan fingerprint density at radius 2 is 1.66 bits per heavy atom. The van der Waals surface area contributed by atoms with Gasteiger partial charge in [0, 0.05) is 18.3 Å². The first-order valence-electron chi connectivity index (χ1n) is 10.4. The van der Waals surface area contributed by atoms with Crippen LogP contribution in [0.2, 0.25) is 0 Å². The Balaban J connectivity index is 2.87. The van der Waals surface area contributed by atoms with Crippen molar-refractivity contribution in [2.45, 2.75) is 64.7 Å². The van der Waals surface area contributed by atoms with Gasteiger partial charge < -0.3 is 36.9 Å². The van der Waals surface area contributed by atoms with E-state index in [0.29, 0.717) is 12.1 Å². The molecule has 0 spiro atoms. The first-order chi connectivity index (χ1) is 15.0. The number of nitrogens with one attached hydrogen (secondary N) is 4. The van der Waals surface area contributed by atoms with Crippen LogP contribution in [0.1, 0.15) is 39.8 Å². The summed E-state index contributed by atoms with van der Waals surface area (Å²) in [6, 6.07) is -4.42.